The van der Waals surface area contributed by atoms with Crippen molar-refractivity contribution in [2.24, 2.45) is 0 Å². The second-order valence-electron chi connectivity index (χ2n) is 5.48. The van der Waals surface area contributed by atoms with Gasteiger partial charge < -0.3 is 4.52 Å². The first-order chi connectivity index (χ1) is 10.0. The zero-order valence-electron chi connectivity index (χ0n) is 11.9. The number of nitrogens with zero attached hydrogens (tertiary/aromatic N) is 2. The number of aromatic nitrogens is 1. The fourth-order valence-corrected chi connectivity index (χ4v) is 4.23. The number of hydrogen-bond acceptors (Lipinski definition) is 5. The van der Waals surface area contributed by atoms with Crippen LogP contribution in [0.1, 0.15) is 12.6 Å². The zero-order chi connectivity index (χ0) is 14.9. The Morgan fingerprint density at radius 2 is 2.10 bits per heavy atom. The Kier molecular flexibility index (Phi) is 3.82. The molecule has 1 saturated heterocycles. The van der Waals surface area contributed by atoms with E-state index in [0.29, 0.717) is 13.1 Å². The standard InChI is InChI=1S/C15H18N2O3S/c1-12-11-21(18,19)8-7-17(12)10-14-9-15(20-16-14)13-5-3-2-4-6-13/h2-6,9,12H,7-8,10-11H2,1H3. The summed E-state index contributed by atoms with van der Waals surface area (Å²) in [6.07, 6.45) is 0. The van der Waals surface area contributed by atoms with Gasteiger partial charge in [0.1, 0.15) is 0 Å². The quantitative estimate of drug-likeness (QED) is 0.867. The van der Waals surface area contributed by atoms with Crippen molar-refractivity contribution in [3.8, 4) is 11.3 Å². The minimum atomic E-state index is -2.88. The molecular weight excluding hydrogens is 288 g/mol. The van der Waals surface area contributed by atoms with Gasteiger partial charge in [0.15, 0.2) is 15.6 Å². The molecule has 1 aromatic carbocycles. The monoisotopic (exact) mass is 306 g/mol. The Morgan fingerprint density at radius 3 is 2.81 bits per heavy atom. The molecule has 0 spiro atoms. The minimum absolute atomic E-state index is 0.0145. The summed E-state index contributed by atoms with van der Waals surface area (Å²) in [5, 5.41) is 4.09. The highest BCUT2D eigenvalue weighted by atomic mass is 32.2. The molecule has 0 aliphatic carbocycles. The Hall–Kier alpha value is -1.66. The summed E-state index contributed by atoms with van der Waals surface area (Å²) in [5.74, 6) is 1.18. The second-order valence-corrected chi connectivity index (χ2v) is 7.71. The molecule has 0 radical (unpaired) electrons. The lowest BCUT2D eigenvalue weighted by Gasteiger charge is -2.32. The normalized spacial score (nSPS) is 22.2. The summed E-state index contributed by atoms with van der Waals surface area (Å²) in [6, 6.07) is 11.7. The topological polar surface area (TPSA) is 63.4 Å². The van der Waals surface area contributed by atoms with E-state index in [0.717, 1.165) is 17.0 Å². The van der Waals surface area contributed by atoms with Gasteiger partial charge in [-0.25, -0.2) is 8.42 Å². The molecule has 0 bridgehead atoms. The molecule has 112 valence electrons. The van der Waals surface area contributed by atoms with Crippen LogP contribution >= 0.6 is 0 Å². The number of sulfone groups is 1. The maximum Gasteiger partial charge on any atom is 0.167 e. The minimum Gasteiger partial charge on any atom is -0.356 e. The number of benzene rings is 1. The molecule has 1 atom stereocenters. The lowest BCUT2D eigenvalue weighted by atomic mass is 10.1. The van der Waals surface area contributed by atoms with Crippen molar-refractivity contribution in [3.05, 3.63) is 42.1 Å². The predicted molar refractivity (Wildman–Crippen MR) is 80.5 cm³/mol. The van der Waals surface area contributed by atoms with Crippen molar-refractivity contribution in [1.29, 1.82) is 0 Å². The van der Waals surface area contributed by atoms with Crippen molar-refractivity contribution in [3.63, 3.8) is 0 Å². The van der Waals surface area contributed by atoms with E-state index >= 15 is 0 Å². The highest BCUT2D eigenvalue weighted by molar-refractivity contribution is 7.91. The smallest absolute Gasteiger partial charge is 0.167 e. The summed E-state index contributed by atoms with van der Waals surface area (Å²) in [4.78, 5) is 2.13. The van der Waals surface area contributed by atoms with Gasteiger partial charge in [-0.05, 0) is 6.92 Å². The summed E-state index contributed by atoms with van der Waals surface area (Å²) >= 11 is 0. The molecule has 0 N–H and O–H groups in total. The molecule has 0 amide bonds. The summed E-state index contributed by atoms with van der Waals surface area (Å²) in [5.41, 5.74) is 1.82. The third-order valence-corrected chi connectivity index (χ3v) is 5.59. The molecule has 1 aromatic heterocycles. The Bertz CT molecular complexity index is 710. The van der Waals surface area contributed by atoms with Gasteiger partial charge in [-0.1, -0.05) is 35.5 Å². The third kappa shape index (κ3) is 3.33. The highest BCUT2D eigenvalue weighted by Crippen LogP contribution is 2.21. The number of hydrogen-bond donors (Lipinski definition) is 0. The van der Waals surface area contributed by atoms with Crippen molar-refractivity contribution >= 4 is 9.84 Å². The van der Waals surface area contributed by atoms with E-state index in [-0.39, 0.29) is 17.5 Å². The first-order valence-electron chi connectivity index (χ1n) is 6.99. The fraction of sp³-hybridized carbons (Fsp3) is 0.400. The zero-order valence-corrected chi connectivity index (χ0v) is 12.7. The maximum absolute atomic E-state index is 11.6. The average molecular weight is 306 g/mol. The van der Waals surface area contributed by atoms with Crippen LogP contribution in [0.25, 0.3) is 11.3 Å². The molecule has 2 aromatic rings. The highest BCUT2D eigenvalue weighted by Gasteiger charge is 2.28. The van der Waals surface area contributed by atoms with E-state index in [1.807, 2.05) is 43.3 Å². The molecule has 0 saturated carbocycles. The van der Waals surface area contributed by atoms with E-state index in [9.17, 15) is 8.42 Å². The summed E-state index contributed by atoms with van der Waals surface area (Å²) < 4.78 is 28.5. The largest absolute Gasteiger partial charge is 0.356 e. The van der Waals surface area contributed by atoms with Crippen LogP contribution in [0.2, 0.25) is 0 Å². The van der Waals surface area contributed by atoms with Crippen molar-refractivity contribution < 1.29 is 12.9 Å². The Balaban J connectivity index is 1.71. The fourth-order valence-electron chi connectivity index (χ4n) is 2.60. The molecule has 1 fully saturated rings. The van der Waals surface area contributed by atoms with Gasteiger partial charge in [-0.3, -0.25) is 4.90 Å². The lowest BCUT2D eigenvalue weighted by Crippen LogP contribution is -2.46. The predicted octanol–water partition coefficient (Wildman–Crippen LogP) is 1.96. The van der Waals surface area contributed by atoms with Gasteiger partial charge in [0.05, 0.1) is 17.2 Å². The van der Waals surface area contributed by atoms with E-state index in [2.05, 4.69) is 10.1 Å². The number of rotatable bonds is 3. The molecule has 5 nitrogen and oxygen atoms in total. The SMILES string of the molecule is CC1CS(=O)(=O)CCN1Cc1cc(-c2ccccc2)on1. The first kappa shape index (κ1) is 14.3. The van der Waals surface area contributed by atoms with Crippen LogP contribution in [0.5, 0.6) is 0 Å². The van der Waals surface area contributed by atoms with Crippen LogP contribution in [-0.4, -0.2) is 42.6 Å². The Labute approximate surface area is 124 Å². The first-order valence-corrected chi connectivity index (χ1v) is 8.81. The molecule has 1 unspecified atom stereocenters. The van der Waals surface area contributed by atoms with Gasteiger partial charge in [-0.2, -0.15) is 0 Å². The van der Waals surface area contributed by atoms with Gasteiger partial charge in [0.25, 0.3) is 0 Å². The Morgan fingerprint density at radius 1 is 1.33 bits per heavy atom. The van der Waals surface area contributed by atoms with Crippen molar-refractivity contribution in [2.45, 2.75) is 19.5 Å². The van der Waals surface area contributed by atoms with Gasteiger partial charge in [0, 0.05) is 30.8 Å². The molecule has 6 heteroatoms. The van der Waals surface area contributed by atoms with Crippen molar-refractivity contribution in [2.75, 3.05) is 18.1 Å². The van der Waals surface area contributed by atoms with Crippen LogP contribution in [0.15, 0.2) is 40.9 Å². The maximum atomic E-state index is 11.6. The van der Waals surface area contributed by atoms with Crippen LogP contribution in [0, 0.1) is 0 Å². The molecule has 21 heavy (non-hydrogen) atoms. The molecule has 1 aliphatic heterocycles. The van der Waals surface area contributed by atoms with E-state index in [4.69, 9.17) is 4.52 Å². The van der Waals surface area contributed by atoms with E-state index in [1.165, 1.54) is 0 Å². The molecule has 1 aliphatic rings. The summed E-state index contributed by atoms with van der Waals surface area (Å²) in [6.45, 7) is 3.11. The second kappa shape index (κ2) is 5.61. The summed E-state index contributed by atoms with van der Waals surface area (Å²) in [7, 11) is -2.88. The van der Waals surface area contributed by atoms with E-state index in [1.54, 1.807) is 0 Å². The van der Waals surface area contributed by atoms with E-state index < -0.39 is 9.84 Å². The van der Waals surface area contributed by atoms with Crippen LogP contribution in [0.4, 0.5) is 0 Å². The molecule has 3 rings (SSSR count). The molecule has 2 heterocycles. The van der Waals surface area contributed by atoms with Gasteiger partial charge >= 0.3 is 0 Å². The lowest BCUT2D eigenvalue weighted by molar-refractivity contribution is 0.212. The average Bonchev–Trinajstić information content (AvgIpc) is 2.91. The van der Waals surface area contributed by atoms with Gasteiger partial charge in [-0.15, -0.1) is 0 Å². The van der Waals surface area contributed by atoms with Crippen LogP contribution in [0.3, 0.4) is 0 Å². The molecular formula is C15H18N2O3S. The van der Waals surface area contributed by atoms with Gasteiger partial charge in [0.2, 0.25) is 0 Å². The van der Waals surface area contributed by atoms with Crippen LogP contribution < -0.4 is 0 Å². The van der Waals surface area contributed by atoms with Crippen LogP contribution in [-0.2, 0) is 16.4 Å². The van der Waals surface area contributed by atoms with Crippen molar-refractivity contribution in [1.82, 2.24) is 10.1 Å². The third-order valence-electron chi connectivity index (χ3n) is 3.79.